The molecule has 4 rings (SSSR count). The lowest BCUT2D eigenvalue weighted by Gasteiger charge is -2.31. The van der Waals surface area contributed by atoms with Crippen molar-refractivity contribution < 1.29 is 9.05 Å². The Kier molecular flexibility index (Phi) is 8.75. The number of unbranched alkanes of at least 4 members (excludes halogenated alkanes) is 2. The fourth-order valence-corrected chi connectivity index (χ4v) is 6.41. The van der Waals surface area contributed by atoms with Gasteiger partial charge in [0.05, 0.1) is 5.30 Å². The smallest absolute Gasteiger partial charge is 0.326 e. The van der Waals surface area contributed by atoms with E-state index in [0.717, 1.165) is 42.0 Å². The van der Waals surface area contributed by atoms with Gasteiger partial charge in [-0.1, -0.05) is 96.0 Å². The maximum absolute atomic E-state index is 6.85. The van der Waals surface area contributed by atoms with E-state index in [0.29, 0.717) is 0 Å². The van der Waals surface area contributed by atoms with Crippen molar-refractivity contribution in [1.82, 2.24) is 4.90 Å². The maximum Gasteiger partial charge on any atom is 0.326 e. The minimum absolute atomic E-state index is 0.0453. The van der Waals surface area contributed by atoms with Crippen molar-refractivity contribution in [2.24, 2.45) is 0 Å². The molecule has 0 aromatic heterocycles. The topological polar surface area (TPSA) is 21.7 Å². The molecule has 192 valence electrons. The number of rotatable bonds is 10. The van der Waals surface area contributed by atoms with Gasteiger partial charge in [0.2, 0.25) is 0 Å². The second-order valence-corrected chi connectivity index (χ2v) is 12.3. The summed E-state index contributed by atoms with van der Waals surface area (Å²) in [6, 6.07) is 21.5. The molecule has 0 saturated carbocycles. The third-order valence-corrected chi connectivity index (χ3v) is 8.33. The first-order valence-corrected chi connectivity index (χ1v) is 14.7. The Morgan fingerprint density at radius 3 is 2.17 bits per heavy atom. The van der Waals surface area contributed by atoms with Gasteiger partial charge in [0.25, 0.3) is 0 Å². The molecule has 0 N–H and O–H groups in total. The van der Waals surface area contributed by atoms with Crippen LogP contribution in [0.3, 0.4) is 0 Å². The number of para-hydroxylation sites is 1. The molecule has 0 radical (unpaired) electrons. The summed E-state index contributed by atoms with van der Waals surface area (Å²) in [4.78, 5) is 2.62. The van der Waals surface area contributed by atoms with Crippen LogP contribution in [0.5, 0.6) is 11.5 Å². The molecule has 1 atom stereocenters. The SMILES string of the molecule is CCCCN(CCCC)Cc1cc(C)c(OP2Oc3ccccc3-c3ccccc32)c(C(C)(C)C)c1. The van der Waals surface area contributed by atoms with Crippen LogP contribution in [0.25, 0.3) is 11.1 Å². The predicted octanol–water partition coefficient (Wildman–Crippen LogP) is 8.77. The lowest BCUT2D eigenvalue weighted by atomic mass is 9.84. The quantitative estimate of drug-likeness (QED) is 0.258. The average Bonchev–Trinajstić information content (AvgIpc) is 2.86. The average molecular weight is 504 g/mol. The summed E-state index contributed by atoms with van der Waals surface area (Å²) in [6.07, 6.45) is 4.96. The Bertz CT molecular complexity index is 1160. The zero-order valence-electron chi connectivity index (χ0n) is 22.9. The van der Waals surface area contributed by atoms with E-state index in [2.05, 4.69) is 95.0 Å². The fraction of sp³-hybridized carbons (Fsp3) is 0.438. The van der Waals surface area contributed by atoms with Crippen molar-refractivity contribution in [3.63, 3.8) is 0 Å². The number of benzene rings is 3. The molecule has 3 nitrogen and oxygen atoms in total. The van der Waals surface area contributed by atoms with E-state index in [4.69, 9.17) is 9.05 Å². The highest BCUT2D eigenvalue weighted by atomic mass is 31.2. The van der Waals surface area contributed by atoms with Crippen molar-refractivity contribution >= 4 is 13.7 Å². The summed E-state index contributed by atoms with van der Waals surface area (Å²) < 4.78 is 13.3. The second-order valence-electron chi connectivity index (χ2n) is 11.0. The Balaban J connectivity index is 1.67. The van der Waals surface area contributed by atoms with Gasteiger partial charge in [0, 0.05) is 17.7 Å². The van der Waals surface area contributed by atoms with Gasteiger partial charge in [-0.3, -0.25) is 4.90 Å². The zero-order chi connectivity index (χ0) is 25.7. The molecule has 1 unspecified atom stereocenters. The summed E-state index contributed by atoms with van der Waals surface area (Å²) in [7, 11) is -1.28. The third-order valence-electron chi connectivity index (χ3n) is 6.84. The Morgan fingerprint density at radius 1 is 0.861 bits per heavy atom. The van der Waals surface area contributed by atoms with E-state index in [1.54, 1.807) is 0 Å². The molecule has 3 aromatic rings. The standard InChI is InChI=1S/C32H42NO2P/c1-7-9-19-33(20-10-8-2)23-25-21-24(3)31(28(22-25)32(4,5)6)35-36-30-18-14-12-16-27(30)26-15-11-13-17-29(26)34-36/h11-18,21-22H,7-10,19-20,23H2,1-6H3. The summed E-state index contributed by atoms with van der Waals surface area (Å²) in [5.41, 5.74) is 6.12. The van der Waals surface area contributed by atoms with Crippen LogP contribution in [0.15, 0.2) is 60.7 Å². The van der Waals surface area contributed by atoms with Gasteiger partial charge in [-0.2, -0.15) is 0 Å². The van der Waals surface area contributed by atoms with Gasteiger partial charge in [-0.25, -0.2) is 0 Å². The van der Waals surface area contributed by atoms with Gasteiger partial charge < -0.3 is 9.05 Å². The highest BCUT2D eigenvalue weighted by molar-refractivity contribution is 7.57. The zero-order valence-corrected chi connectivity index (χ0v) is 23.8. The van der Waals surface area contributed by atoms with Crippen LogP contribution in [0.2, 0.25) is 0 Å². The minimum atomic E-state index is -1.28. The van der Waals surface area contributed by atoms with Crippen LogP contribution in [0.1, 0.15) is 77.0 Å². The van der Waals surface area contributed by atoms with E-state index >= 15 is 0 Å². The Labute approximate surface area is 219 Å². The molecule has 36 heavy (non-hydrogen) atoms. The number of aryl methyl sites for hydroxylation is 1. The van der Waals surface area contributed by atoms with Crippen LogP contribution in [-0.4, -0.2) is 18.0 Å². The summed E-state index contributed by atoms with van der Waals surface area (Å²) in [6.45, 7) is 16.9. The number of fused-ring (bicyclic) bond motifs is 3. The molecule has 0 spiro atoms. The first-order valence-electron chi connectivity index (χ1n) is 13.5. The molecule has 0 bridgehead atoms. The van der Waals surface area contributed by atoms with Crippen molar-refractivity contribution in [3.05, 3.63) is 77.4 Å². The van der Waals surface area contributed by atoms with Crippen molar-refractivity contribution in [3.8, 4) is 22.6 Å². The molecule has 1 aliphatic rings. The van der Waals surface area contributed by atoms with Gasteiger partial charge in [-0.05, 0) is 67.1 Å². The van der Waals surface area contributed by atoms with Gasteiger partial charge >= 0.3 is 8.38 Å². The highest BCUT2D eigenvalue weighted by Crippen LogP contribution is 2.51. The number of hydrogen-bond acceptors (Lipinski definition) is 3. The Hall–Kier alpha value is -2.35. The van der Waals surface area contributed by atoms with Crippen LogP contribution >= 0.6 is 8.38 Å². The molecule has 1 heterocycles. The number of nitrogens with zero attached hydrogens (tertiary/aromatic N) is 1. The first kappa shape index (κ1) is 26.7. The van der Waals surface area contributed by atoms with Crippen molar-refractivity contribution in [1.29, 1.82) is 0 Å². The monoisotopic (exact) mass is 503 g/mol. The molecule has 0 fully saturated rings. The van der Waals surface area contributed by atoms with Crippen molar-refractivity contribution in [2.45, 2.75) is 79.2 Å². The summed E-state index contributed by atoms with van der Waals surface area (Å²) in [5, 5.41) is 1.14. The second kappa shape index (κ2) is 11.8. The molecule has 1 aliphatic heterocycles. The summed E-state index contributed by atoms with van der Waals surface area (Å²) in [5.74, 6) is 1.87. The summed E-state index contributed by atoms with van der Waals surface area (Å²) >= 11 is 0. The van der Waals surface area contributed by atoms with E-state index in [1.165, 1.54) is 47.9 Å². The first-order chi connectivity index (χ1) is 17.3. The molecular weight excluding hydrogens is 461 g/mol. The van der Waals surface area contributed by atoms with Crippen molar-refractivity contribution in [2.75, 3.05) is 13.1 Å². The van der Waals surface area contributed by atoms with Gasteiger partial charge in [0.15, 0.2) is 0 Å². The minimum Gasteiger partial charge on any atom is -0.435 e. The molecule has 0 aliphatic carbocycles. The lowest BCUT2D eigenvalue weighted by molar-refractivity contribution is 0.257. The lowest BCUT2D eigenvalue weighted by Crippen LogP contribution is -2.26. The molecule has 3 aromatic carbocycles. The third kappa shape index (κ3) is 6.13. The highest BCUT2D eigenvalue weighted by Gasteiger charge is 2.31. The van der Waals surface area contributed by atoms with Gasteiger partial charge in [0.1, 0.15) is 11.5 Å². The van der Waals surface area contributed by atoms with E-state index in [1.807, 2.05) is 12.1 Å². The number of hydrogen-bond donors (Lipinski definition) is 0. The maximum atomic E-state index is 6.85. The molecular formula is C32H42NO2P. The van der Waals surface area contributed by atoms with E-state index < -0.39 is 8.38 Å². The molecule has 0 saturated heterocycles. The predicted molar refractivity (Wildman–Crippen MR) is 155 cm³/mol. The van der Waals surface area contributed by atoms with E-state index in [9.17, 15) is 0 Å². The van der Waals surface area contributed by atoms with E-state index in [-0.39, 0.29) is 5.41 Å². The van der Waals surface area contributed by atoms with Crippen LogP contribution in [-0.2, 0) is 12.0 Å². The molecule has 0 amide bonds. The largest absolute Gasteiger partial charge is 0.435 e. The van der Waals surface area contributed by atoms with Gasteiger partial charge in [-0.15, -0.1) is 0 Å². The van der Waals surface area contributed by atoms with Crippen LogP contribution in [0.4, 0.5) is 0 Å². The fourth-order valence-electron chi connectivity index (χ4n) is 4.83. The Morgan fingerprint density at radius 2 is 1.50 bits per heavy atom. The molecule has 4 heteroatoms. The van der Waals surface area contributed by atoms with Crippen LogP contribution < -0.4 is 14.4 Å². The normalized spacial score (nSPS) is 14.8. The van der Waals surface area contributed by atoms with Crippen LogP contribution in [0, 0.1) is 6.92 Å².